The van der Waals surface area contributed by atoms with Gasteiger partial charge in [0.25, 0.3) is 0 Å². The number of benzene rings is 2. The fraction of sp³-hybridized carbons (Fsp3) is 0.0714. The molecule has 0 aliphatic rings. The molecular formula is C14H12INO2. The second kappa shape index (κ2) is 5.86. The van der Waals surface area contributed by atoms with Gasteiger partial charge in [-0.25, -0.2) is 0 Å². The first-order chi connectivity index (χ1) is 8.63. The van der Waals surface area contributed by atoms with Crippen LogP contribution in [0.1, 0.15) is 5.56 Å². The van der Waals surface area contributed by atoms with E-state index < -0.39 is 0 Å². The fourth-order valence-corrected chi connectivity index (χ4v) is 2.17. The molecule has 18 heavy (non-hydrogen) atoms. The van der Waals surface area contributed by atoms with Gasteiger partial charge < -0.3 is 10.4 Å². The number of nitrogens with one attached hydrogen (secondary N) is 1. The summed E-state index contributed by atoms with van der Waals surface area (Å²) in [4.78, 5) is 11.8. The molecule has 0 heterocycles. The molecule has 92 valence electrons. The van der Waals surface area contributed by atoms with Gasteiger partial charge in [-0.2, -0.15) is 0 Å². The molecule has 2 aromatic carbocycles. The maximum absolute atomic E-state index is 11.8. The van der Waals surface area contributed by atoms with Crippen molar-refractivity contribution in [3.05, 3.63) is 57.7 Å². The maximum atomic E-state index is 11.8. The Morgan fingerprint density at radius 1 is 1.17 bits per heavy atom. The van der Waals surface area contributed by atoms with Gasteiger partial charge in [-0.15, -0.1) is 0 Å². The first-order valence-corrected chi connectivity index (χ1v) is 6.55. The molecule has 0 bridgehead atoms. The van der Waals surface area contributed by atoms with E-state index in [0.29, 0.717) is 0 Å². The molecule has 1 amide bonds. The number of amides is 1. The van der Waals surface area contributed by atoms with Crippen LogP contribution in [0.5, 0.6) is 5.75 Å². The van der Waals surface area contributed by atoms with Gasteiger partial charge in [0.2, 0.25) is 5.91 Å². The van der Waals surface area contributed by atoms with E-state index in [4.69, 9.17) is 0 Å². The normalized spacial score (nSPS) is 10.1. The molecule has 0 aromatic heterocycles. The molecule has 0 unspecified atom stereocenters. The van der Waals surface area contributed by atoms with Crippen LogP contribution in [0, 0.1) is 3.57 Å². The number of aromatic hydroxyl groups is 1. The van der Waals surface area contributed by atoms with E-state index in [0.717, 1.165) is 14.8 Å². The second-order valence-corrected chi connectivity index (χ2v) is 5.15. The lowest BCUT2D eigenvalue weighted by Gasteiger charge is -2.06. The van der Waals surface area contributed by atoms with Crippen LogP contribution in [-0.2, 0) is 11.2 Å². The maximum Gasteiger partial charge on any atom is 0.228 e. The highest BCUT2D eigenvalue weighted by atomic mass is 127. The first-order valence-electron chi connectivity index (χ1n) is 5.47. The van der Waals surface area contributed by atoms with Crippen LogP contribution in [0.3, 0.4) is 0 Å². The molecule has 0 saturated heterocycles. The number of phenols is 1. The SMILES string of the molecule is O=C(Cc1cccc(O)c1)Nc1cccc(I)c1. The summed E-state index contributed by atoms with van der Waals surface area (Å²) in [6.45, 7) is 0. The third kappa shape index (κ3) is 3.73. The summed E-state index contributed by atoms with van der Waals surface area (Å²) in [7, 11) is 0. The molecule has 0 saturated carbocycles. The van der Waals surface area contributed by atoms with Gasteiger partial charge in [0.1, 0.15) is 5.75 Å². The van der Waals surface area contributed by atoms with E-state index in [1.54, 1.807) is 18.2 Å². The zero-order valence-corrected chi connectivity index (χ0v) is 11.7. The number of hydrogen-bond acceptors (Lipinski definition) is 2. The van der Waals surface area contributed by atoms with Crippen molar-refractivity contribution in [2.75, 3.05) is 5.32 Å². The van der Waals surface area contributed by atoms with Crippen LogP contribution in [0.2, 0.25) is 0 Å². The van der Waals surface area contributed by atoms with E-state index >= 15 is 0 Å². The quantitative estimate of drug-likeness (QED) is 0.833. The number of phenolic OH excluding ortho intramolecular Hbond substituents is 1. The summed E-state index contributed by atoms with van der Waals surface area (Å²) in [5.41, 5.74) is 1.57. The third-order valence-electron chi connectivity index (χ3n) is 2.38. The lowest BCUT2D eigenvalue weighted by atomic mass is 10.1. The molecule has 0 aliphatic carbocycles. The van der Waals surface area contributed by atoms with Crippen LogP contribution in [0.25, 0.3) is 0 Å². The molecular weight excluding hydrogens is 341 g/mol. The zero-order chi connectivity index (χ0) is 13.0. The minimum absolute atomic E-state index is 0.0948. The van der Waals surface area contributed by atoms with Crippen LogP contribution < -0.4 is 5.32 Å². The number of rotatable bonds is 3. The van der Waals surface area contributed by atoms with E-state index in [9.17, 15) is 9.90 Å². The predicted octanol–water partition coefficient (Wildman–Crippen LogP) is 3.18. The summed E-state index contributed by atoms with van der Waals surface area (Å²) in [6, 6.07) is 14.3. The Hall–Kier alpha value is -1.56. The predicted molar refractivity (Wildman–Crippen MR) is 79.6 cm³/mol. The Bertz CT molecular complexity index is 520. The van der Waals surface area contributed by atoms with Crippen molar-refractivity contribution in [2.45, 2.75) is 6.42 Å². The van der Waals surface area contributed by atoms with Crippen molar-refractivity contribution >= 4 is 34.2 Å². The second-order valence-electron chi connectivity index (χ2n) is 3.91. The number of halogens is 1. The van der Waals surface area contributed by atoms with E-state index in [1.165, 1.54) is 0 Å². The van der Waals surface area contributed by atoms with Crippen LogP contribution in [0.15, 0.2) is 48.5 Å². The molecule has 2 N–H and O–H groups in total. The Morgan fingerprint density at radius 3 is 2.67 bits per heavy atom. The lowest BCUT2D eigenvalue weighted by molar-refractivity contribution is -0.115. The third-order valence-corrected chi connectivity index (χ3v) is 3.05. The standard InChI is InChI=1S/C14H12INO2/c15-11-4-2-5-12(9-11)16-14(18)8-10-3-1-6-13(17)7-10/h1-7,9,17H,8H2,(H,16,18). The molecule has 0 aliphatic heterocycles. The van der Waals surface area contributed by atoms with Gasteiger partial charge in [-0.1, -0.05) is 18.2 Å². The van der Waals surface area contributed by atoms with Gasteiger partial charge >= 0.3 is 0 Å². The number of carbonyl (C=O) groups excluding carboxylic acids is 1. The van der Waals surface area contributed by atoms with Gasteiger partial charge in [-0.3, -0.25) is 4.79 Å². The Balaban J connectivity index is 2.01. The van der Waals surface area contributed by atoms with Gasteiger partial charge in [0.05, 0.1) is 6.42 Å². The van der Waals surface area contributed by atoms with Crippen molar-refractivity contribution in [1.82, 2.24) is 0 Å². The average molecular weight is 353 g/mol. The minimum atomic E-state index is -0.0948. The van der Waals surface area contributed by atoms with Crippen molar-refractivity contribution in [3.63, 3.8) is 0 Å². The molecule has 2 aromatic rings. The summed E-state index contributed by atoms with van der Waals surface area (Å²) in [5.74, 6) is 0.0807. The Morgan fingerprint density at radius 2 is 1.94 bits per heavy atom. The minimum Gasteiger partial charge on any atom is -0.508 e. The number of carbonyl (C=O) groups is 1. The monoisotopic (exact) mass is 353 g/mol. The van der Waals surface area contributed by atoms with Crippen molar-refractivity contribution in [2.24, 2.45) is 0 Å². The summed E-state index contributed by atoms with van der Waals surface area (Å²) in [5, 5.41) is 12.1. The molecule has 0 atom stereocenters. The van der Waals surface area contributed by atoms with E-state index in [-0.39, 0.29) is 18.1 Å². The smallest absolute Gasteiger partial charge is 0.228 e. The first kappa shape index (κ1) is 12.9. The summed E-state index contributed by atoms with van der Waals surface area (Å²) < 4.78 is 1.07. The molecule has 2 rings (SSSR count). The van der Waals surface area contributed by atoms with Gasteiger partial charge in [0, 0.05) is 9.26 Å². The van der Waals surface area contributed by atoms with Crippen molar-refractivity contribution in [3.8, 4) is 5.75 Å². The average Bonchev–Trinajstić information content (AvgIpc) is 2.28. The largest absolute Gasteiger partial charge is 0.508 e. The topological polar surface area (TPSA) is 49.3 Å². The molecule has 0 spiro atoms. The molecule has 3 nitrogen and oxygen atoms in total. The summed E-state index contributed by atoms with van der Waals surface area (Å²) >= 11 is 2.20. The fourth-order valence-electron chi connectivity index (χ4n) is 1.62. The Kier molecular flexibility index (Phi) is 4.19. The molecule has 0 fully saturated rings. The Labute approximate surface area is 119 Å². The highest BCUT2D eigenvalue weighted by Crippen LogP contribution is 2.14. The van der Waals surface area contributed by atoms with Crippen LogP contribution >= 0.6 is 22.6 Å². The zero-order valence-electron chi connectivity index (χ0n) is 9.56. The van der Waals surface area contributed by atoms with Gasteiger partial charge in [0.15, 0.2) is 0 Å². The number of hydrogen-bond donors (Lipinski definition) is 2. The van der Waals surface area contributed by atoms with E-state index in [1.807, 2.05) is 30.3 Å². The summed E-state index contributed by atoms with van der Waals surface area (Å²) in [6.07, 6.45) is 0.250. The van der Waals surface area contributed by atoms with Crippen LogP contribution in [0.4, 0.5) is 5.69 Å². The van der Waals surface area contributed by atoms with Crippen molar-refractivity contribution in [1.29, 1.82) is 0 Å². The van der Waals surface area contributed by atoms with Crippen LogP contribution in [-0.4, -0.2) is 11.0 Å². The molecule has 0 radical (unpaired) electrons. The number of anilines is 1. The van der Waals surface area contributed by atoms with E-state index in [2.05, 4.69) is 27.9 Å². The highest BCUT2D eigenvalue weighted by molar-refractivity contribution is 14.1. The molecule has 4 heteroatoms. The van der Waals surface area contributed by atoms with Crippen molar-refractivity contribution < 1.29 is 9.90 Å². The van der Waals surface area contributed by atoms with Gasteiger partial charge in [-0.05, 0) is 58.5 Å². The lowest BCUT2D eigenvalue weighted by Crippen LogP contribution is -2.14. The highest BCUT2D eigenvalue weighted by Gasteiger charge is 2.04.